The van der Waals surface area contributed by atoms with Gasteiger partial charge in [-0.25, -0.2) is 14.4 Å². The van der Waals surface area contributed by atoms with Crippen molar-refractivity contribution >= 4 is 33.7 Å². The molecule has 0 aliphatic heterocycles. The van der Waals surface area contributed by atoms with E-state index in [1.54, 1.807) is 18.5 Å². The van der Waals surface area contributed by atoms with Crippen LogP contribution in [0.4, 0.5) is 10.1 Å². The molecule has 0 radical (unpaired) electrons. The van der Waals surface area contributed by atoms with Crippen LogP contribution < -0.4 is 5.32 Å². The number of hydrogen-bond acceptors (Lipinski definition) is 7. The molecule has 0 spiro atoms. The third kappa shape index (κ3) is 4.05. The number of amides is 1. The molecule has 0 fully saturated rings. The highest BCUT2D eigenvalue weighted by Crippen LogP contribution is 2.34. The second-order valence-electron chi connectivity index (χ2n) is 8.40. The molecular formula is C26H20FN9O. The first-order chi connectivity index (χ1) is 18.1. The van der Waals surface area contributed by atoms with Gasteiger partial charge in [-0.05, 0) is 30.7 Å². The number of carbonyl (C=O) groups is 1. The van der Waals surface area contributed by atoms with Gasteiger partial charge >= 0.3 is 0 Å². The zero-order valence-electron chi connectivity index (χ0n) is 19.7. The number of H-pyrrole nitrogens is 2. The minimum atomic E-state index is -0.585. The van der Waals surface area contributed by atoms with Crippen molar-refractivity contribution < 1.29 is 9.18 Å². The summed E-state index contributed by atoms with van der Waals surface area (Å²) in [4.78, 5) is 37.0. The predicted octanol–water partition coefficient (Wildman–Crippen LogP) is 4.90. The number of hydrogen-bond donors (Lipinski definition) is 3. The quantitative estimate of drug-likeness (QED) is 0.300. The Hall–Kier alpha value is -5.06. The van der Waals surface area contributed by atoms with Crippen LogP contribution in [-0.4, -0.2) is 46.0 Å². The van der Waals surface area contributed by atoms with Crippen LogP contribution in [-0.2, 0) is 4.79 Å². The molecule has 6 heterocycles. The van der Waals surface area contributed by atoms with E-state index < -0.39 is 5.82 Å². The van der Waals surface area contributed by atoms with Gasteiger partial charge in [0.05, 0.1) is 40.2 Å². The Bertz CT molecular complexity index is 1760. The molecule has 0 bridgehead atoms. The first kappa shape index (κ1) is 22.4. The molecule has 1 amide bonds. The zero-order chi connectivity index (χ0) is 25.4. The number of nitrogens with zero attached hydrogens (tertiary/aromatic N) is 6. The minimum absolute atomic E-state index is 0.0812. The van der Waals surface area contributed by atoms with Gasteiger partial charge in [-0.15, -0.1) is 0 Å². The number of rotatable bonds is 6. The Morgan fingerprint density at radius 2 is 1.97 bits per heavy atom. The minimum Gasteiger partial charge on any atom is -0.335 e. The highest BCUT2D eigenvalue weighted by molar-refractivity contribution is 5.97. The third-order valence-electron chi connectivity index (χ3n) is 5.87. The van der Waals surface area contributed by atoms with E-state index in [0.717, 1.165) is 17.7 Å². The Balaban J connectivity index is 1.44. The van der Waals surface area contributed by atoms with E-state index >= 15 is 4.39 Å². The van der Waals surface area contributed by atoms with E-state index in [1.807, 2.05) is 31.2 Å². The van der Waals surface area contributed by atoms with Crippen LogP contribution in [0, 0.1) is 5.82 Å². The second-order valence-corrected chi connectivity index (χ2v) is 8.40. The predicted molar refractivity (Wildman–Crippen MR) is 137 cm³/mol. The maximum absolute atomic E-state index is 15.9. The Morgan fingerprint density at radius 1 is 1.05 bits per heavy atom. The highest BCUT2D eigenvalue weighted by Gasteiger charge is 2.22. The van der Waals surface area contributed by atoms with Crippen molar-refractivity contribution in [2.45, 2.75) is 19.8 Å². The summed E-state index contributed by atoms with van der Waals surface area (Å²) in [5.41, 5.74) is 4.38. The zero-order valence-corrected chi connectivity index (χ0v) is 19.7. The summed E-state index contributed by atoms with van der Waals surface area (Å²) in [5.74, 6) is -0.364. The van der Waals surface area contributed by atoms with Crippen molar-refractivity contribution in [3.8, 4) is 34.0 Å². The molecule has 37 heavy (non-hydrogen) atoms. The first-order valence-corrected chi connectivity index (χ1v) is 11.7. The molecule has 0 aliphatic rings. The van der Waals surface area contributed by atoms with Gasteiger partial charge in [0.15, 0.2) is 17.3 Å². The van der Waals surface area contributed by atoms with Crippen LogP contribution in [0.3, 0.4) is 0 Å². The van der Waals surface area contributed by atoms with Crippen LogP contribution in [0.1, 0.15) is 19.8 Å². The molecule has 0 saturated carbocycles. The summed E-state index contributed by atoms with van der Waals surface area (Å²) < 4.78 is 15.9. The lowest BCUT2D eigenvalue weighted by Gasteiger charge is -2.07. The number of imidazole rings is 1. The number of aromatic nitrogens is 8. The van der Waals surface area contributed by atoms with Crippen molar-refractivity contribution in [1.82, 2.24) is 40.1 Å². The number of nitrogens with one attached hydrogen (secondary N) is 3. The summed E-state index contributed by atoms with van der Waals surface area (Å²) in [5, 5.41) is 10.2. The number of carbonyl (C=O) groups excluding carboxylic acids is 1. The molecule has 0 unspecified atom stereocenters. The van der Waals surface area contributed by atoms with Crippen molar-refractivity contribution in [1.29, 1.82) is 0 Å². The van der Waals surface area contributed by atoms with Crippen LogP contribution in [0.25, 0.3) is 56.1 Å². The molecule has 0 aliphatic carbocycles. The average Bonchev–Trinajstić information content (AvgIpc) is 3.54. The van der Waals surface area contributed by atoms with Crippen molar-refractivity contribution in [3.63, 3.8) is 0 Å². The molecule has 182 valence electrons. The molecule has 6 aromatic rings. The molecule has 10 nitrogen and oxygen atoms in total. The highest BCUT2D eigenvalue weighted by atomic mass is 19.1. The van der Waals surface area contributed by atoms with Gasteiger partial charge in [-0.1, -0.05) is 13.0 Å². The van der Waals surface area contributed by atoms with Gasteiger partial charge in [0, 0.05) is 36.1 Å². The average molecular weight is 494 g/mol. The molecule has 3 N–H and O–H groups in total. The first-order valence-electron chi connectivity index (χ1n) is 11.7. The van der Waals surface area contributed by atoms with Crippen LogP contribution in [0.5, 0.6) is 0 Å². The van der Waals surface area contributed by atoms with Crippen molar-refractivity contribution in [2.75, 3.05) is 5.32 Å². The van der Waals surface area contributed by atoms with E-state index in [9.17, 15) is 4.79 Å². The molecular weight excluding hydrogens is 473 g/mol. The van der Waals surface area contributed by atoms with Gasteiger partial charge < -0.3 is 10.3 Å². The maximum Gasteiger partial charge on any atom is 0.224 e. The molecule has 6 rings (SSSR count). The van der Waals surface area contributed by atoms with E-state index in [-0.39, 0.29) is 17.0 Å². The number of fused-ring (bicyclic) bond motifs is 2. The molecule has 11 heteroatoms. The van der Waals surface area contributed by atoms with Crippen molar-refractivity contribution in [2.24, 2.45) is 0 Å². The fourth-order valence-electron chi connectivity index (χ4n) is 4.19. The van der Waals surface area contributed by atoms with E-state index in [0.29, 0.717) is 45.9 Å². The smallest absolute Gasteiger partial charge is 0.224 e. The molecule has 6 aromatic heterocycles. The van der Waals surface area contributed by atoms with E-state index in [4.69, 9.17) is 0 Å². The van der Waals surface area contributed by atoms with Crippen LogP contribution in [0.2, 0.25) is 0 Å². The summed E-state index contributed by atoms with van der Waals surface area (Å²) in [7, 11) is 0. The molecule has 0 saturated heterocycles. The largest absolute Gasteiger partial charge is 0.335 e. The normalized spacial score (nSPS) is 11.3. The standard InChI is InChI=1S/C26H20FN9O/c1-2-5-19(37)32-15-10-14(11-28-12-15)22-21(27)20-18(13-31-22)35-36-24(20)26-33-23-16(7-9-30-25(23)34-26)17-6-3-4-8-29-17/h3-4,6-13H,2,5H2,1H3,(H,32,37)(H,35,36)(H,30,33,34). The van der Waals surface area contributed by atoms with Gasteiger partial charge in [0.1, 0.15) is 11.4 Å². The van der Waals surface area contributed by atoms with Gasteiger partial charge in [0.2, 0.25) is 5.91 Å². The fourth-order valence-corrected chi connectivity index (χ4v) is 4.19. The summed E-state index contributed by atoms with van der Waals surface area (Å²) in [6, 6.07) is 9.12. The number of aromatic amines is 2. The Kier molecular flexibility index (Phi) is 5.56. The third-order valence-corrected chi connectivity index (χ3v) is 5.87. The van der Waals surface area contributed by atoms with Crippen molar-refractivity contribution in [3.05, 3.63) is 67.1 Å². The van der Waals surface area contributed by atoms with Crippen LogP contribution in [0.15, 0.2) is 61.3 Å². The Labute approximate surface area is 209 Å². The monoisotopic (exact) mass is 493 g/mol. The SMILES string of the molecule is CCCC(=O)Nc1cncc(-c2ncc3[nH]nc(-c4nc5nccc(-c6ccccn6)c5[nH]4)c3c2F)c1. The summed E-state index contributed by atoms with van der Waals surface area (Å²) in [6.45, 7) is 1.92. The van der Waals surface area contributed by atoms with E-state index in [1.165, 1.54) is 18.6 Å². The van der Waals surface area contributed by atoms with Gasteiger partial charge in [0.25, 0.3) is 0 Å². The van der Waals surface area contributed by atoms with Crippen LogP contribution >= 0.6 is 0 Å². The lowest BCUT2D eigenvalue weighted by Crippen LogP contribution is -2.10. The second kappa shape index (κ2) is 9.19. The maximum atomic E-state index is 15.9. The molecule has 0 atom stereocenters. The summed E-state index contributed by atoms with van der Waals surface area (Å²) >= 11 is 0. The van der Waals surface area contributed by atoms with Gasteiger partial charge in [-0.3, -0.25) is 24.8 Å². The number of pyridine rings is 4. The number of halogens is 1. The topological polar surface area (TPSA) is 138 Å². The lowest BCUT2D eigenvalue weighted by molar-refractivity contribution is -0.116. The lowest BCUT2D eigenvalue weighted by atomic mass is 10.1. The number of anilines is 1. The van der Waals surface area contributed by atoms with E-state index in [2.05, 4.69) is 45.4 Å². The fraction of sp³-hybridized carbons (Fsp3) is 0.115. The summed E-state index contributed by atoms with van der Waals surface area (Å²) in [6.07, 6.45) is 8.98. The Morgan fingerprint density at radius 3 is 2.81 bits per heavy atom. The van der Waals surface area contributed by atoms with Gasteiger partial charge in [-0.2, -0.15) is 5.10 Å². The molecule has 0 aromatic carbocycles.